The fourth-order valence-corrected chi connectivity index (χ4v) is 2.47. The van der Waals surface area contributed by atoms with Gasteiger partial charge in [0.2, 0.25) is 5.76 Å². The first-order valence-corrected chi connectivity index (χ1v) is 8.94. The maximum Gasteiger partial charge on any atom is 0.416 e. The Morgan fingerprint density at radius 3 is 2.52 bits per heavy atom. The molecule has 7 nitrogen and oxygen atoms in total. The largest absolute Gasteiger partial charge is 0.450 e. The molecule has 0 spiro atoms. The predicted molar refractivity (Wildman–Crippen MR) is 104 cm³/mol. The number of rotatable bonds is 6. The van der Waals surface area contributed by atoms with E-state index in [1.54, 1.807) is 37.3 Å². The molecule has 160 valence electrons. The third kappa shape index (κ3) is 5.78. The Balaban J connectivity index is 1.84. The minimum atomic E-state index is -4.61. The molecule has 10 heteroatoms. The molecule has 0 fully saturated rings. The Bertz CT molecular complexity index is 1090. The lowest BCUT2D eigenvalue weighted by atomic mass is 10.2. The van der Waals surface area contributed by atoms with Crippen LogP contribution in [0.25, 0.3) is 0 Å². The summed E-state index contributed by atoms with van der Waals surface area (Å²) in [5.74, 6) is -2.01. The van der Waals surface area contributed by atoms with Crippen molar-refractivity contribution in [1.82, 2.24) is 5.16 Å². The molecule has 0 aliphatic rings. The maximum atomic E-state index is 13.1. The lowest BCUT2D eigenvalue weighted by Crippen LogP contribution is -2.31. The maximum absolute atomic E-state index is 13.1. The zero-order valence-corrected chi connectivity index (χ0v) is 16.2. The van der Waals surface area contributed by atoms with Gasteiger partial charge in [-0.25, -0.2) is 4.79 Å². The molecule has 0 saturated carbocycles. The minimum Gasteiger partial charge on any atom is -0.450 e. The fraction of sp³-hybridized carbons (Fsp3) is 0.143. The third-order valence-electron chi connectivity index (χ3n) is 3.93. The van der Waals surface area contributed by atoms with Gasteiger partial charge in [-0.05, 0) is 30.7 Å². The van der Waals surface area contributed by atoms with Gasteiger partial charge in [0.1, 0.15) is 0 Å². The third-order valence-corrected chi connectivity index (χ3v) is 3.93. The monoisotopic (exact) mass is 431 g/mol. The zero-order valence-electron chi connectivity index (χ0n) is 16.2. The van der Waals surface area contributed by atoms with E-state index >= 15 is 0 Å². The number of nitrogens with zero attached hydrogens (tertiary/aromatic N) is 3. The zero-order chi connectivity index (χ0) is 22.4. The SMILES string of the molecule is Cc1cc(C(=O)OCC(=O)N(/N=C/c2ccccc2)c2cccc(C(F)(F)F)c2)on1. The second-order valence-electron chi connectivity index (χ2n) is 6.32. The second-order valence-corrected chi connectivity index (χ2v) is 6.32. The first-order chi connectivity index (χ1) is 14.7. The van der Waals surface area contributed by atoms with Crippen LogP contribution in [-0.2, 0) is 15.7 Å². The number of aromatic nitrogens is 1. The van der Waals surface area contributed by atoms with E-state index in [1.165, 1.54) is 18.3 Å². The van der Waals surface area contributed by atoms with Crippen LogP contribution in [0.4, 0.5) is 18.9 Å². The Hall–Kier alpha value is -3.95. The topological polar surface area (TPSA) is 85.0 Å². The smallest absolute Gasteiger partial charge is 0.416 e. The number of halogens is 3. The van der Waals surface area contributed by atoms with Crippen LogP contribution in [0, 0.1) is 6.92 Å². The van der Waals surface area contributed by atoms with Crippen molar-refractivity contribution in [3.05, 3.63) is 83.2 Å². The molecule has 2 aromatic carbocycles. The van der Waals surface area contributed by atoms with Gasteiger partial charge in [-0.15, -0.1) is 0 Å². The number of hydrazone groups is 1. The number of amides is 1. The van der Waals surface area contributed by atoms with Crippen molar-refractivity contribution >= 4 is 23.8 Å². The predicted octanol–water partition coefficient (Wildman–Crippen LogP) is 4.23. The van der Waals surface area contributed by atoms with Gasteiger partial charge in [-0.3, -0.25) is 4.79 Å². The molecule has 31 heavy (non-hydrogen) atoms. The summed E-state index contributed by atoms with van der Waals surface area (Å²) in [5.41, 5.74) is -0.0388. The van der Waals surface area contributed by atoms with Crippen LogP contribution in [0.2, 0.25) is 0 Å². The van der Waals surface area contributed by atoms with Gasteiger partial charge in [0, 0.05) is 6.07 Å². The number of hydrogen-bond donors (Lipinski definition) is 0. The van der Waals surface area contributed by atoms with E-state index in [2.05, 4.69) is 10.3 Å². The fourth-order valence-electron chi connectivity index (χ4n) is 2.47. The van der Waals surface area contributed by atoms with E-state index in [0.717, 1.165) is 23.2 Å². The molecule has 1 aromatic heterocycles. The van der Waals surface area contributed by atoms with Gasteiger partial charge in [0.15, 0.2) is 6.61 Å². The quantitative estimate of drug-likeness (QED) is 0.331. The summed E-state index contributed by atoms with van der Waals surface area (Å²) in [5, 5.41) is 8.29. The van der Waals surface area contributed by atoms with Crippen LogP contribution in [0.1, 0.15) is 27.4 Å². The molecule has 1 heterocycles. The van der Waals surface area contributed by atoms with E-state index in [4.69, 9.17) is 9.26 Å². The molecule has 3 aromatic rings. The lowest BCUT2D eigenvalue weighted by Gasteiger charge is -2.18. The summed E-state index contributed by atoms with van der Waals surface area (Å²) in [4.78, 5) is 24.6. The molecule has 0 unspecified atom stereocenters. The van der Waals surface area contributed by atoms with E-state index in [0.29, 0.717) is 11.3 Å². The normalized spacial score (nSPS) is 11.5. The molecular weight excluding hydrogens is 415 g/mol. The number of alkyl halides is 3. The molecular formula is C21H16F3N3O4. The summed E-state index contributed by atoms with van der Waals surface area (Å²) in [6, 6.07) is 14.1. The molecule has 0 N–H and O–H groups in total. The van der Waals surface area contributed by atoms with E-state index in [9.17, 15) is 22.8 Å². The van der Waals surface area contributed by atoms with Crippen molar-refractivity contribution < 1.29 is 32.0 Å². The van der Waals surface area contributed by atoms with Gasteiger partial charge >= 0.3 is 12.1 Å². The van der Waals surface area contributed by atoms with Crippen LogP contribution in [0.5, 0.6) is 0 Å². The number of benzene rings is 2. The van der Waals surface area contributed by atoms with Crippen molar-refractivity contribution in [3.63, 3.8) is 0 Å². The summed E-state index contributed by atoms with van der Waals surface area (Å²) in [6.45, 7) is 0.820. The Kier molecular flexibility index (Phi) is 6.49. The van der Waals surface area contributed by atoms with Gasteiger partial charge in [0.05, 0.1) is 23.2 Å². The van der Waals surface area contributed by atoms with E-state index < -0.39 is 30.2 Å². The van der Waals surface area contributed by atoms with Crippen LogP contribution in [-0.4, -0.2) is 29.9 Å². The Labute approximate surface area is 174 Å². The van der Waals surface area contributed by atoms with Crippen LogP contribution in [0.15, 0.2) is 70.3 Å². The van der Waals surface area contributed by atoms with Crippen molar-refractivity contribution in [2.24, 2.45) is 5.10 Å². The summed E-state index contributed by atoms with van der Waals surface area (Å²) < 4.78 is 49.0. The van der Waals surface area contributed by atoms with Gasteiger partial charge < -0.3 is 9.26 Å². The van der Waals surface area contributed by atoms with Gasteiger partial charge in [-0.1, -0.05) is 41.6 Å². The first kappa shape index (κ1) is 21.8. The lowest BCUT2D eigenvalue weighted by molar-refractivity contribution is -0.137. The highest BCUT2D eigenvalue weighted by molar-refractivity contribution is 5.97. The van der Waals surface area contributed by atoms with Crippen LogP contribution < -0.4 is 5.01 Å². The number of carbonyl (C=O) groups is 2. The average Bonchev–Trinajstić information content (AvgIpc) is 3.19. The van der Waals surface area contributed by atoms with Crippen LogP contribution in [0.3, 0.4) is 0 Å². The van der Waals surface area contributed by atoms with E-state index in [-0.39, 0.29) is 11.4 Å². The van der Waals surface area contributed by atoms with Crippen molar-refractivity contribution in [1.29, 1.82) is 0 Å². The second kappa shape index (κ2) is 9.24. The summed E-state index contributed by atoms with van der Waals surface area (Å²) in [7, 11) is 0. The summed E-state index contributed by atoms with van der Waals surface area (Å²) in [6.07, 6.45) is -3.30. The highest BCUT2D eigenvalue weighted by atomic mass is 19.4. The van der Waals surface area contributed by atoms with Crippen molar-refractivity contribution in [2.45, 2.75) is 13.1 Å². The number of hydrogen-bond acceptors (Lipinski definition) is 6. The number of ether oxygens (including phenoxy) is 1. The molecule has 1 amide bonds. The Morgan fingerprint density at radius 2 is 1.87 bits per heavy atom. The van der Waals surface area contributed by atoms with Crippen molar-refractivity contribution in [3.8, 4) is 0 Å². The average molecular weight is 431 g/mol. The number of anilines is 1. The Morgan fingerprint density at radius 1 is 1.13 bits per heavy atom. The highest BCUT2D eigenvalue weighted by Crippen LogP contribution is 2.31. The van der Waals surface area contributed by atoms with Gasteiger partial charge in [0.25, 0.3) is 5.91 Å². The molecule has 3 rings (SSSR count). The van der Waals surface area contributed by atoms with Crippen LogP contribution >= 0.6 is 0 Å². The van der Waals surface area contributed by atoms with Gasteiger partial charge in [-0.2, -0.15) is 23.3 Å². The standard InChI is InChI=1S/C21H16F3N3O4/c1-14-10-18(31-26-14)20(29)30-13-19(28)27(25-12-15-6-3-2-4-7-15)17-9-5-8-16(11-17)21(22,23)24/h2-12H,13H2,1H3/b25-12+. The molecule has 0 saturated heterocycles. The number of esters is 1. The number of carbonyl (C=O) groups excluding carboxylic acids is 2. The molecule has 0 radical (unpaired) electrons. The molecule has 0 bridgehead atoms. The highest BCUT2D eigenvalue weighted by Gasteiger charge is 2.31. The molecule has 0 aliphatic heterocycles. The minimum absolute atomic E-state index is 0.140. The summed E-state index contributed by atoms with van der Waals surface area (Å²) >= 11 is 0. The van der Waals surface area contributed by atoms with E-state index in [1.807, 2.05) is 0 Å². The van der Waals surface area contributed by atoms with Crippen molar-refractivity contribution in [2.75, 3.05) is 11.6 Å². The molecule has 0 aliphatic carbocycles. The first-order valence-electron chi connectivity index (χ1n) is 8.94. The molecule has 0 atom stereocenters. The number of aryl methyl sites for hydroxylation is 1.